The van der Waals surface area contributed by atoms with Gasteiger partial charge in [-0.05, 0) is 39.0 Å². The highest BCUT2D eigenvalue weighted by Crippen LogP contribution is 2.27. The summed E-state index contributed by atoms with van der Waals surface area (Å²) in [6, 6.07) is 0. The molecule has 0 bridgehead atoms. The number of unbranched alkanes of at least 4 members (excludes halogenated alkanes) is 14. The maximum atomic E-state index is 10.5. The van der Waals surface area contributed by atoms with Crippen molar-refractivity contribution in [2.24, 2.45) is 11.7 Å². The van der Waals surface area contributed by atoms with E-state index >= 15 is 0 Å². The lowest BCUT2D eigenvalue weighted by molar-refractivity contribution is -0.137. The molecule has 168 valence electrons. The van der Waals surface area contributed by atoms with Gasteiger partial charge in [-0.2, -0.15) is 0 Å². The monoisotopic (exact) mass is 397 g/mol. The Balaban J connectivity index is 3.64. The smallest absolute Gasteiger partial charge is 0.303 e. The Morgan fingerprint density at radius 1 is 0.714 bits per heavy atom. The van der Waals surface area contributed by atoms with Gasteiger partial charge in [0, 0.05) is 12.0 Å². The van der Waals surface area contributed by atoms with Crippen molar-refractivity contribution in [2.75, 3.05) is 0 Å². The molecule has 0 saturated heterocycles. The third-order valence-electron chi connectivity index (χ3n) is 6.15. The molecule has 0 spiro atoms. The predicted molar refractivity (Wildman–Crippen MR) is 123 cm³/mol. The number of carbonyl (C=O) groups is 1. The largest absolute Gasteiger partial charge is 0.481 e. The van der Waals surface area contributed by atoms with Crippen LogP contribution in [0.3, 0.4) is 0 Å². The molecule has 3 heteroatoms. The number of carboxylic acid groups (broad SMARTS) is 1. The molecule has 0 radical (unpaired) electrons. The number of aliphatic carboxylic acids is 1. The molecule has 0 aliphatic rings. The number of nitrogens with two attached hydrogens (primary N) is 1. The van der Waals surface area contributed by atoms with Crippen LogP contribution in [-0.4, -0.2) is 16.6 Å². The van der Waals surface area contributed by atoms with E-state index in [9.17, 15) is 4.79 Å². The molecule has 0 rings (SSSR count). The minimum atomic E-state index is -0.663. The van der Waals surface area contributed by atoms with Gasteiger partial charge >= 0.3 is 5.97 Å². The zero-order chi connectivity index (χ0) is 21.1. The van der Waals surface area contributed by atoms with Gasteiger partial charge in [0.05, 0.1) is 0 Å². The first-order valence-corrected chi connectivity index (χ1v) is 12.4. The van der Waals surface area contributed by atoms with E-state index in [0.717, 1.165) is 12.8 Å². The van der Waals surface area contributed by atoms with Crippen molar-refractivity contribution >= 4 is 5.97 Å². The Kier molecular flexibility index (Phi) is 18.1. The fourth-order valence-electron chi connectivity index (χ4n) is 4.14. The van der Waals surface area contributed by atoms with Gasteiger partial charge in [-0.3, -0.25) is 4.79 Å². The summed E-state index contributed by atoms with van der Waals surface area (Å²) in [6.07, 6.45) is 23.6. The van der Waals surface area contributed by atoms with Gasteiger partial charge in [-0.25, -0.2) is 0 Å². The van der Waals surface area contributed by atoms with E-state index in [0.29, 0.717) is 12.3 Å². The Morgan fingerprint density at radius 2 is 1.07 bits per heavy atom. The van der Waals surface area contributed by atoms with E-state index in [1.807, 2.05) is 0 Å². The summed E-state index contributed by atoms with van der Waals surface area (Å²) >= 11 is 0. The van der Waals surface area contributed by atoms with E-state index in [-0.39, 0.29) is 5.54 Å². The van der Waals surface area contributed by atoms with Crippen LogP contribution in [-0.2, 0) is 4.79 Å². The molecule has 0 saturated carbocycles. The summed E-state index contributed by atoms with van der Waals surface area (Å²) in [5.41, 5.74) is 6.41. The van der Waals surface area contributed by atoms with Crippen LogP contribution in [0.4, 0.5) is 0 Å². The van der Waals surface area contributed by atoms with Crippen molar-refractivity contribution in [2.45, 2.75) is 148 Å². The van der Waals surface area contributed by atoms with Crippen molar-refractivity contribution in [3.63, 3.8) is 0 Å². The molecular weight excluding hydrogens is 346 g/mol. The quantitative estimate of drug-likeness (QED) is 0.194. The molecule has 0 amide bonds. The molecule has 1 atom stereocenters. The highest BCUT2D eigenvalue weighted by molar-refractivity contribution is 5.66. The molecule has 0 aromatic heterocycles. The van der Waals surface area contributed by atoms with Crippen LogP contribution in [0.25, 0.3) is 0 Å². The SMILES string of the molecule is CCCCCCCCCCC(CCCCCCCCCCC(=O)O)C(C)(C)N. The van der Waals surface area contributed by atoms with Crippen LogP contribution in [0.15, 0.2) is 0 Å². The Morgan fingerprint density at radius 3 is 1.43 bits per heavy atom. The molecule has 0 aliphatic carbocycles. The second-order valence-electron chi connectivity index (χ2n) is 9.54. The second-order valence-corrected chi connectivity index (χ2v) is 9.54. The van der Waals surface area contributed by atoms with Crippen molar-refractivity contribution in [3.8, 4) is 0 Å². The summed E-state index contributed by atoms with van der Waals surface area (Å²) in [6.45, 7) is 6.69. The zero-order valence-corrected chi connectivity index (χ0v) is 19.4. The third-order valence-corrected chi connectivity index (χ3v) is 6.15. The highest BCUT2D eigenvalue weighted by Gasteiger charge is 2.23. The van der Waals surface area contributed by atoms with Gasteiger partial charge in [0.1, 0.15) is 0 Å². The maximum absolute atomic E-state index is 10.5. The molecule has 1 unspecified atom stereocenters. The molecule has 28 heavy (non-hydrogen) atoms. The lowest BCUT2D eigenvalue weighted by Gasteiger charge is -2.31. The van der Waals surface area contributed by atoms with Gasteiger partial charge < -0.3 is 10.8 Å². The van der Waals surface area contributed by atoms with E-state index in [2.05, 4.69) is 20.8 Å². The first kappa shape index (κ1) is 27.4. The number of carboxylic acids is 1. The minimum Gasteiger partial charge on any atom is -0.481 e. The van der Waals surface area contributed by atoms with Crippen LogP contribution >= 0.6 is 0 Å². The molecular formula is C25H51NO2. The van der Waals surface area contributed by atoms with Crippen LogP contribution in [0, 0.1) is 5.92 Å². The molecule has 3 N–H and O–H groups in total. The lowest BCUT2D eigenvalue weighted by atomic mass is 9.80. The maximum Gasteiger partial charge on any atom is 0.303 e. The summed E-state index contributed by atoms with van der Waals surface area (Å²) in [4.78, 5) is 10.5. The predicted octanol–water partition coefficient (Wildman–Crippen LogP) is 7.86. The van der Waals surface area contributed by atoms with Gasteiger partial charge in [0.2, 0.25) is 0 Å². The first-order valence-electron chi connectivity index (χ1n) is 12.4. The molecule has 0 aliphatic heterocycles. The summed E-state index contributed by atoms with van der Waals surface area (Å²) in [5.74, 6) is -0.00651. The lowest BCUT2D eigenvalue weighted by Crippen LogP contribution is -2.40. The highest BCUT2D eigenvalue weighted by atomic mass is 16.4. The summed E-state index contributed by atoms with van der Waals surface area (Å²) < 4.78 is 0. The number of hydrogen-bond acceptors (Lipinski definition) is 2. The molecule has 0 aromatic carbocycles. The van der Waals surface area contributed by atoms with Crippen LogP contribution in [0.1, 0.15) is 143 Å². The zero-order valence-electron chi connectivity index (χ0n) is 19.4. The average Bonchev–Trinajstić information content (AvgIpc) is 2.62. The number of rotatable bonds is 21. The Labute approximate surface area is 176 Å². The molecule has 0 aromatic rings. The van der Waals surface area contributed by atoms with Gasteiger partial charge in [-0.1, -0.05) is 103 Å². The van der Waals surface area contributed by atoms with E-state index in [1.165, 1.54) is 103 Å². The first-order chi connectivity index (χ1) is 13.4. The summed E-state index contributed by atoms with van der Waals surface area (Å²) in [7, 11) is 0. The second kappa shape index (κ2) is 18.5. The summed E-state index contributed by atoms with van der Waals surface area (Å²) in [5, 5.41) is 8.63. The van der Waals surface area contributed by atoms with Gasteiger partial charge in [0.15, 0.2) is 0 Å². The van der Waals surface area contributed by atoms with Crippen molar-refractivity contribution < 1.29 is 9.90 Å². The molecule has 0 fully saturated rings. The van der Waals surface area contributed by atoms with Gasteiger partial charge in [-0.15, -0.1) is 0 Å². The number of hydrogen-bond donors (Lipinski definition) is 2. The van der Waals surface area contributed by atoms with Crippen molar-refractivity contribution in [1.29, 1.82) is 0 Å². The normalized spacial score (nSPS) is 13.0. The average molecular weight is 398 g/mol. The van der Waals surface area contributed by atoms with Crippen molar-refractivity contribution in [1.82, 2.24) is 0 Å². The fourth-order valence-corrected chi connectivity index (χ4v) is 4.14. The Bertz CT molecular complexity index is 349. The van der Waals surface area contributed by atoms with E-state index < -0.39 is 5.97 Å². The third kappa shape index (κ3) is 18.8. The van der Waals surface area contributed by atoms with E-state index in [4.69, 9.17) is 10.8 Å². The molecule has 0 heterocycles. The van der Waals surface area contributed by atoms with E-state index in [1.54, 1.807) is 0 Å². The fraction of sp³-hybridized carbons (Fsp3) is 0.960. The van der Waals surface area contributed by atoms with Crippen LogP contribution in [0.2, 0.25) is 0 Å². The van der Waals surface area contributed by atoms with Gasteiger partial charge in [0.25, 0.3) is 0 Å². The standard InChI is InChI=1S/C25H51NO2/c1-4-5-6-7-8-11-14-17-20-23(25(2,3)26)21-18-15-12-9-10-13-16-19-22-24(27)28/h23H,4-22,26H2,1-3H3,(H,27,28). The van der Waals surface area contributed by atoms with Crippen LogP contribution in [0.5, 0.6) is 0 Å². The molecule has 3 nitrogen and oxygen atoms in total. The van der Waals surface area contributed by atoms with Crippen molar-refractivity contribution in [3.05, 3.63) is 0 Å². The van der Waals surface area contributed by atoms with Crippen LogP contribution < -0.4 is 5.73 Å². The minimum absolute atomic E-state index is 0.0503. The Hall–Kier alpha value is -0.570. The topological polar surface area (TPSA) is 63.3 Å².